The van der Waals surface area contributed by atoms with Crippen LogP contribution >= 0.6 is 0 Å². The van der Waals surface area contributed by atoms with E-state index in [9.17, 15) is 48.3 Å². The highest BCUT2D eigenvalue weighted by Crippen LogP contribution is 2.44. The quantitative estimate of drug-likeness (QED) is 0.433. The van der Waals surface area contributed by atoms with Crippen molar-refractivity contribution in [3.8, 4) is 0 Å². The van der Waals surface area contributed by atoms with Gasteiger partial charge in [-0.05, 0) is 0 Å². The molecule has 1 saturated heterocycles. The van der Waals surface area contributed by atoms with Crippen molar-refractivity contribution >= 4 is 0 Å². The number of hydrogen-bond acceptors (Lipinski definition) is 2. The molecule has 0 radical (unpaired) electrons. The van der Waals surface area contributed by atoms with Gasteiger partial charge in [0.15, 0.2) is 11.7 Å². The van der Waals surface area contributed by atoms with Crippen LogP contribution in [0.5, 0.6) is 0 Å². The largest absolute Gasteiger partial charge is 0.488 e. The highest BCUT2D eigenvalue weighted by molar-refractivity contribution is 5.13. The van der Waals surface area contributed by atoms with Crippen LogP contribution in [-0.4, -0.2) is 43.3 Å². The van der Waals surface area contributed by atoms with Crippen molar-refractivity contribution in [3.05, 3.63) is 11.8 Å². The molecule has 0 aromatic carbocycles. The van der Waals surface area contributed by atoms with Crippen LogP contribution in [0.25, 0.3) is 0 Å². The van der Waals surface area contributed by atoms with Crippen LogP contribution in [0.4, 0.5) is 48.3 Å². The molecule has 1 fully saturated rings. The number of halogens is 11. The molecule has 0 aromatic rings. The second-order valence-electron chi connectivity index (χ2n) is 4.08. The molecular weight excluding hydrogens is 349 g/mol. The van der Waals surface area contributed by atoms with Gasteiger partial charge < -0.3 is 9.47 Å². The lowest BCUT2D eigenvalue weighted by molar-refractivity contribution is -0.315. The number of ether oxygens (including phenoxy) is 2. The lowest BCUT2D eigenvalue weighted by Gasteiger charge is -2.27. The van der Waals surface area contributed by atoms with Gasteiger partial charge >= 0.3 is 24.5 Å². The molecule has 0 saturated carbocycles. The Bertz CT molecular complexity index is 410. The van der Waals surface area contributed by atoms with E-state index in [-0.39, 0.29) is 0 Å². The number of alkyl halides is 11. The van der Waals surface area contributed by atoms with Gasteiger partial charge in [0, 0.05) is 0 Å². The van der Waals surface area contributed by atoms with Crippen LogP contribution < -0.4 is 0 Å². The fourth-order valence-electron chi connectivity index (χ4n) is 1.23. The Kier molecular flexibility index (Phi) is 4.63. The minimum absolute atomic E-state index is 0.725. The second-order valence-corrected chi connectivity index (χ2v) is 4.08. The molecule has 1 aliphatic rings. The zero-order valence-corrected chi connectivity index (χ0v) is 9.91. The van der Waals surface area contributed by atoms with E-state index in [2.05, 4.69) is 9.47 Å². The van der Waals surface area contributed by atoms with Gasteiger partial charge in [-0.3, -0.25) is 0 Å². The Morgan fingerprint density at radius 2 is 1.32 bits per heavy atom. The Morgan fingerprint density at radius 1 is 0.909 bits per heavy atom. The first kappa shape index (κ1) is 18.8. The molecule has 1 rings (SSSR count). The lowest BCUT2D eigenvalue weighted by atomic mass is 10.1. The summed E-state index contributed by atoms with van der Waals surface area (Å²) in [5.74, 6) is -5.70. The Hall–Kier alpha value is -1.27. The molecule has 0 spiro atoms. The molecule has 13 heteroatoms. The van der Waals surface area contributed by atoms with Crippen LogP contribution in [0.3, 0.4) is 0 Å². The smallest absolute Gasteiger partial charge is 0.457 e. The highest BCUT2D eigenvalue weighted by atomic mass is 19.4. The van der Waals surface area contributed by atoms with Crippen molar-refractivity contribution in [2.24, 2.45) is 0 Å². The van der Waals surface area contributed by atoms with E-state index in [1.165, 1.54) is 0 Å². The van der Waals surface area contributed by atoms with Gasteiger partial charge in [0.25, 0.3) is 0 Å². The van der Waals surface area contributed by atoms with Gasteiger partial charge in [-0.2, -0.15) is 48.3 Å². The van der Waals surface area contributed by atoms with Gasteiger partial charge in [-0.1, -0.05) is 0 Å². The van der Waals surface area contributed by atoms with E-state index in [4.69, 9.17) is 0 Å². The maximum absolute atomic E-state index is 13.0. The van der Waals surface area contributed by atoms with E-state index in [1.54, 1.807) is 0 Å². The fraction of sp³-hybridized carbons (Fsp3) is 0.778. The molecule has 2 unspecified atom stereocenters. The summed E-state index contributed by atoms with van der Waals surface area (Å²) in [6.45, 7) is -0.725. The molecule has 0 bridgehead atoms. The SMILES string of the molecule is FC(F)(F)C(=COC(C1CO1)C(F)(F)C(F)(F)F)C(F)(F)F. The lowest BCUT2D eigenvalue weighted by Crippen LogP contribution is -2.50. The molecule has 0 amide bonds. The van der Waals surface area contributed by atoms with Crippen molar-refractivity contribution in [1.82, 2.24) is 0 Å². The summed E-state index contributed by atoms with van der Waals surface area (Å²) in [5, 5.41) is 0. The summed E-state index contributed by atoms with van der Waals surface area (Å²) in [5.41, 5.74) is -3.36. The fourth-order valence-corrected chi connectivity index (χ4v) is 1.23. The molecule has 22 heavy (non-hydrogen) atoms. The van der Waals surface area contributed by atoms with Crippen molar-refractivity contribution < 1.29 is 57.8 Å². The minimum atomic E-state index is -6.24. The van der Waals surface area contributed by atoms with Crippen LogP contribution in [0.2, 0.25) is 0 Å². The second kappa shape index (κ2) is 5.42. The van der Waals surface area contributed by atoms with Gasteiger partial charge in [-0.25, -0.2) is 0 Å². The van der Waals surface area contributed by atoms with Crippen LogP contribution in [0.1, 0.15) is 0 Å². The van der Waals surface area contributed by atoms with E-state index in [0.717, 1.165) is 0 Å². The molecule has 0 N–H and O–H groups in total. The van der Waals surface area contributed by atoms with Gasteiger partial charge in [0.1, 0.15) is 12.4 Å². The molecule has 0 aromatic heterocycles. The molecule has 2 atom stereocenters. The third-order valence-corrected chi connectivity index (χ3v) is 2.38. The first-order chi connectivity index (χ1) is 9.58. The van der Waals surface area contributed by atoms with Gasteiger partial charge in [-0.15, -0.1) is 0 Å². The molecule has 130 valence electrons. The van der Waals surface area contributed by atoms with Crippen molar-refractivity contribution in [3.63, 3.8) is 0 Å². The van der Waals surface area contributed by atoms with E-state index in [0.29, 0.717) is 0 Å². The maximum Gasteiger partial charge on any atom is 0.457 e. The molecule has 2 nitrogen and oxygen atoms in total. The monoisotopic (exact) mass is 354 g/mol. The minimum Gasteiger partial charge on any atom is -0.488 e. The normalized spacial score (nSPS) is 21.3. The summed E-state index contributed by atoms with van der Waals surface area (Å²) >= 11 is 0. The predicted molar refractivity (Wildman–Crippen MR) is 45.8 cm³/mol. The first-order valence-electron chi connectivity index (χ1n) is 5.14. The van der Waals surface area contributed by atoms with E-state index >= 15 is 0 Å². The molecule has 0 aliphatic carbocycles. The van der Waals surface area contributed by atoms with E-state index < -0.39 is 55.1 Å². The third kappa shape index (κ3) is 4.14. The standard InChI is InChI=1S/C9H5F11O2/c10-6(11,9(18,19)20)5(3-1-21-3)22-2-4(7(12,13)14)8(15,16)17/h2-3,5H,1H2. The highest BCUT2D eigenvalue weighted by Gasteiger charge is 2.68. The Labute approximate surface area is 114 Å². The number of allylic oxidation sites excluding steroid dienone is 1. The molecule has 1 aliphatic heterocycles. The van der Waals surface area contributed by atoms with Crippen molar-refractivity contribution in [2.75, 3.05) is 6.61 Å². The molecular formula is C9H5F11O2. The van der Waals surface area contributed by atoms with Gasteiger partial charge in [0.2, 0.25) is 0 Å². The van der Waals surface area contributed by atoms with Crippen LogP contribution in [-0.2, 0) is 9.47 Å². The zero-order valence-electron chi connectivity index (χ0n) is 9.91. The maximum atomic E-state index is 13.0. The summed E-state index contributed by atoms with van der Waals surface area (Å²) in [4.78, 5) is 0. The van der Waals surface area contributed by atoms with Crippen molar-refractivity contribution in [2.45, 2.75) is 36.7 Å². The average Bonchev–Trinajstić information content (AvgIpc) is 3.01. The zero-order chi connectivity index (χ0) is 17.6. The van der Waals surface area contributed by atoms with Crippen LogP contribution in [0, 0.1) is 0 Å². The third-order valence-electron chi connectivity index (χ3n) is 2.38. The summed E-state index contributed by atoms with van der Waals surface area (Å²) in [6, 6.07) is 0. The number of rotatable bonds is 4. The Morgan fingerprint density at radius 3 is 1.59 bits per heavy atom. The molecule has 1 heterocycles. The van der Waals surface area contributed by atoms with Crippen LogP contribution in [0.15, 0.2) is 11.8 Å². The Balaban J connectivity index is 3.09. The summed E-state index contributed by atoms with van der Waals surface area (Å²) in [6.07, 6.45) is -24.9. The summed E-state index contributed by atoms with van der Waals surface area (Å²) < 4.78 is 143. The van der Waals surface area contributed by atoms with E-state index in [1.807, 2.05) is 0 Å². The number of epoxide rings is 1. The topological polar surface area (TPSA) is 21.8 Å². The summed E-state index contributed by atoms with van der Waals surface area (Å²) in [7, 11) is 0. The van der Waals surface area contributed by atoms with Crippen molar-refractivity contribution in [1.29, 1.82) is 0 Å². The number of hydrogen-bond donors (Lipinski definition) is 0. The first-order valence-corrected chi connectivity index (χ1v) is 5.14. The van der Waals surface area contributed by atoms with Gasteiger partial charge in [0.05, 0.1) is 6.61 Å². The predicted octanol–water partition coefficient (Wildman–Crippen LogP) is 3.98. The average molecular weight is 354 g/mol.